The van der Waals surface area contributed by atoms with Crippen molar-refractivity contribution in [3.05, 3.63) is 47.5 Å². The molecule has 0 bridgehead atoms. The van der Waals surface area contributed by atoms with Crippen molar-refractivity contribution in [3.63, 3.8) is 0 Å². The van der Waals surface area contributed by atoms with Crippen LogP contribution in [0.3, 0.4) is 0 Å². The van der Waals surface area contributed by atoms with Crippen LogP contribution in [-0.4, -0.2) is 76.1 Å². The number of nitrogens with zero attached hydrogens (tertiary/aromatic N) is 2. The van der Waals surface area contributed by atoms with Gasteiger partial charge in [0, 0.05) is 49.7 Å². The molecule has 0 aliphatic heterocycles. The molecule has 0 amide bonds. The van der Waals surface area contributed by atoms with Gasteiger partial charge in [-0.25, -0.2) is 0 Å². The van der Waals surface area contributed by atoms with Gasteiger partial charge < -0.3 is 30.3 Å². The third-order valence-electron chi connectivity index (χ3n) is 4.72. The summed E-state index contributed by atoms with van der Waals surface area (Å²) in [5, 5.41) is 26.8. The molecule has 0 atom stereocenters. The van der Waals surface area contributed by atoms with E-state index in [2.05, 4.69) is 20.6 Å². The molecule has 1 radical (unpaired) electrons. The summed E-state index contributed by atoms with van der Waals surface area (Å²) in [4.78, 5) is 8.72. The van der Waals surface area contributed by atoms with Crippen molar-refractivity contribution in [3.8, 4) is 23.0 Å². The molecule has 0 spiro atoms. The van der Waals surface area contributed by atoms with Crippen molar-refractivity contribution >= 4 is 12.4 Å². The van der Waals surface area contributed by atoms with Gasteiger partial charge in [-0.2, -0.15) is 0 Å². The normalized spacial score (nSPS) is 11.1. The number of hydrogen-bond acceptors (Lipinski definition) is 8. The molecule has 0 saturated heterocycles. The number of aliphatic imine (C=N–C) groups is 2. The van der Waals surface area contributed by atoms with Crippen molar-refractivity contribution in [2.24, 2.45) is 9.98 Å². The van der Waals surface area contributed by atoms with Crippen LogP contribution in [-0.2, 0) is 17.1 Å². The Balaban J connectivity index is 0.00000544. The SMILES string of the molecule is COc1cccc(C=NCCCNCCNCCCN=Cc2cccc(OC)c2O)c1O.[Fe+3]. The number of nitrogens with one attached hydrogen (secondary N) is 2. The Bertz CT molecular complexity index is 806. The zero-order valence-corrected chi connectivity index (χ0v) is 20.3. The average molecular weight is 498 g/mol. The Kier molecular flexibility index (Phi) is 14.6. The van der Waals surface area contributed by atoms with Gasteiger partial charge in [0.2, 0.25) is 0 Å². The van der Waals surface area contributed by atoms with Crippen molar-refractivity contribution in [2.45, 2.75) is 12.8 Å². The Morgan fingerprint density at radius 3 is 1.55 bits per heavy atom. The summed E-state index contributed by atoms with van der Waals surface area (Å²) in [5.74, 6) is 1.14. The Labute approximate surface area is 206 Å². The molecule has 0 unspecified atom stereocenters. The van der Waals surface area contributed by atoms with Gasteiger partial charge in [-0.1, -0.05) is 12.1 Å². The van der Waals surface area contributed by atoms with Crippen molar-refractivity contribution in [1.29, 1.82) is 0 Å². The summed E-state index contributed by atoms with van der Waals surface area (Å²) in [7, 11) is 3.06. The second-order valence-corrected chi connectivity index (χ2v) is 7.07. The summed E-state index contributed by atoms with van der Waals surface area (Å²) >= 11 is 0. The van der Waals surface area contributed by atoms with Crippen LogP contribution >= 0.6 is 0 Å². The molecule has 0 aliphatic rings. The molecule has 0 heterocycles. The van der Waals surface area contributed by atoms with Crippen LogP contribution in [0.25, 0.3) is 0 Å². The first-order valence-electron chi connectivity index (χ1n) is 10.8. The number of rotatable bonds is 15. The van der Waals surface area contributed by atoms with Crippen LogP contribution < -0.4 is 20.1 Å². The fourth-order valence-electron chi connectivity index (χ4n) is 2.96. The standard InChI is InChI=1S/C24H34N4O4.Fe/c1-31-21-9-3-7-19(23(21)29)17-27-13-5-11-25-15-16-26-12-6-14-28-18-20-8-4-10-22(32-2)24(20)30;/h3-4,7-10,17-18,25-26,29-30H,5-6,11-16H2,1-2H3;/q;+3. The summed E-state index contributed by atoms with van der Waals surface area (Å²) in [6.45, 7) is 4.94. The van der Waals surface area contributed by atoms with Gasteiger partial charge in [0.05, 0.1) is 14.2 Å². The van der Waals surface area contributed by atoms with E-state index in [4.69, 9.17) is 9.47 Å². The zero-order valence-electron chi connectivity index (χ0n) is 19.2. The van der Waals surface area contributed by atoms with E-state index in [1.165, 1.54) is 14.2 Å². The molecule has 33 heavy (non-hydrogen) atoms. The van der Waals surface area contributed by atoms with Crippen LogP contribution in [0.15, 0.2) is 46.4 Å². The fraction of sp³-hybridized carbons (Fsp3) is 0.417. The molecule has 4 N–H and O–H groups in total. The first-order chi connectivity index (χ1) is 15.7. The van der Waals surface area contributed by atoms with E-state index in [0.29, 0.717) is 35.7 Å². The minimum atomic E-state index is 0. The monoisotopic (exact) mass is 498 g/mol. The van der Waals surface area contributed by atoms with Gasteiger partial charge in [-0.05, 0) is 50.2 Å². The summed E-state index contributed by atoms with van der Waals surface area (Å²) in [6, 6.07) is 10.7. The minimum Gasteiger partial charge on any atom is -0.504 e. The molecule has 0 fully saturated rings. The van der Waals surface area contributed by atoms with E-state index in [9.17, 15) is 10.2 Å². The quantitative estimate of drug-likeness (QED) is 0.171. The summed E-state index contributed by atoms with van der Waals surface area (Å²) in [6.07, 6.45) is 5.20. The predicted octanol–water partition coefficient (Wildman–Crippen LogP) is 2.61. The second-order valence-electron chi connectivity index (χ2n) is 7.07. The van der Waals surface area contributed by atoms with E-state index < -0.39 is 0 Å². The van der Waals surface area contributed by atoms with Gasteiger partial charge in [-0.3, -0.25) is 9.98 Å². The number of phenols is 2. The third-order valence-corrected chi connectivity index (χ3v) is 4.72. The molecule has 9 heteroatoms. The Hall–Kier alpha value is -2.58. The first-order valence-corrected chi connectivity index (χ1v) is 10.8. The Morgan fingerprint density at radius 2 is 1.15 bits per heavy atom. The third kappa shape index (κ3) is 10.3. The maximum absolute atomic E-state index is 10.0. The molecule has 179 valence electrons. The summed E-state index contributed by atoms with van der Waals surface area (Å²) < 4.78 is 10.2. The van der Waals surface area contributed by atoms with Gasteiger partial charge in [0.15, 0.2) is 23.0 Å². The Morgan fingerprint density at radius 1 is 0.727 bits per heavy atom. The number of ether oxygens (including phenoxy) is 2. The summed E-state index contributed by atoms with van der Waals surface area (Å²) in [5.41, 5.74) is 1.32. The fourth-order valence-corrected chi connectivity index (χ4v) is 2.96. The van der Waals surface area contributed by atoms with Gasteiger partial charge in [0.1, 0.15) is 0 Å². The van der Waals surface area contributed by atoms with Crippen LogP contribution in [0.2, 0.25) is 0 Å². The topological polar surface area (TPSA) is 108 Å². The van der Waals surface area contributed by atoms with Crippen molar-refractivity contribution in [1.82, 2.24) is 10.6 Å². The molecule has 2 rings (SSSR count). The van der Waals surface area contributed by atoms with Crippen LogP contribution in [0.1, 0.15) is 24.0 Å². The number of phenolic OH excluding ortho intramolecular Hbond substituents is 2. The molecular weight excluding hydrogens is 464 g/mol. The molecule has 0 saturated carbocycles. The van der Waals surface area contributed by atoms with Crippen LogP contribution in [0.4, 0.5) is 0 Å². The van der Waals surface area contributed by atoms with Gasteiger partial charge in [-0.15, -0.1) is 0 Å². The van der Waals surface area contributed by atoms with E-state index in [1.807, 2.05) is 12.1 Å². The molecule has 2 aromatic rings. The molecular formula is C24H34FeN4O4+3. The maximum Gasteiger partial charge on any atom is 3.00 e. The molecule has 0 aromatic heterocycles. The maximum atomic E-state index is 10.0. The number of methoxy groups -OCH3 is 2. The van der Waals surface area contributed by atoms with Crippen LogP contribution in [0.5, 0.6) is 23.0 Å². The number of hydrogen-bond donors (Lipinski definition) is 4. The second kappa shape index (κ2) is 17.0. The minimum absolute atomic E-state index is 0. The van der Waals surface area contributed by atoms with E-state index in [1.54, 1.807) is 36.7 Å². The van der Waals surface area contributed by atoms with Gasteiger partial charge >= 0.3 is 17.1 Å². The largest absolute Gasteiger partial charge is 3.00 e. The predicted molar refractivity (Wildman–Crippen MR) is 129 cm³/mol. The van der Waals surface area contributed by atoms with E-state index in [-0.39, 0.29) is 28.6 Å². The van der Waals surface area contributed by atoms with Crippen molar-refractivity contribution < 1.29 is 36.8 Å². The molecule has 0 aliphatic carbocycles. The average Bonchev–Trinajstić information content (AvgIpc) is 2.81. The number of benzene rings is 2. The number of aromatic hydroxyl groups is 2. The van der Waals surface area contributed by atoms with Gasteiger partial charge in [0.25, 0.3) is 0 Å². The first kappa shape index (κ1) is 28.5. The molecule has 8 nitrogen and oxygen atoms in total. The van der Waals surface area contributed by atoms with E-state index in [0.717, 1.165) is 39.0 Å². The van der Waals surface area contributed by atoms with Crippen molar-refractivity contribution in [2.75, 3.05) is 53.5 Å². The molecule has 2 aromatic carbocycles. The zero-order chi connectivity index (χ0) is 23.0. The van der Waals surface area contributed by atoms with Crippen LogP contribution in [0, 0.1) is 0 Å². The van der Waals surface area contributed by atoms with E-state index >= 15 is 0 Å². The smallest absolute Gasteiger partial charge is 0.504 e. The number of para-hydroxylation sites is 2.